The summed E-state index contributed by atoms with van der Waals surface area (Å²) in [5, 5.41) is 0.557. The first-order valence-electron chi connectivity index (χ1n) is 2.98. The molecule has 4 heteroatoms. The summed E-state index contributed by atoms with van der Waals surface area (Å²) in [4.78, 5) is 7.03. The molecule has 0 unspecified atom stereocenters. The Labute approximate surface area is 113 Å². The van der Waals surface area contributed by atoms with Crippen LogP contribution in [0.4, 0.5) is 0 Å². The first-order chi connectivity index (χ1) is 4.86. The quantitative estimate of drug-likeness (QED) is 0.401. The largest absolute Gasteiger partial charge is 1.00 e. The Balaban J connectivity index is 0.000000605. The van der Waals surface area contributed by atoms with Gasteiger partial charge in [0, 0.05) is 0 Å². The molecule has 0 bridgehead atoms. The molecule has 2 nitrogen and oxygen atoms in total. The van der Waals surface area contributed by atoms with Crippen LogP contribution in [0.3, 0.4) is 0 Å². The van der Waals surface area contributed by atoms with Crippen LogP contribution in [0.25, 0.3) is 11.0 Å². The summed E-state index contributed by atoms with van der Waals surface area (Å²) in [5.74, 6) is 0. The monoisotopic (exact) mass is 188 g/mol. The molecule has 0 aliphatic rings. The van der Waals surface area contributed by atoms with E-state index in [1.165, 1.54) is 0 Å². The molecule has 0 spiro atoms. The van der Waals surface area contributed by atoms with Gasteiger partial charge >= 0.3 is 51.4 Å². The van der Waals surface area contributed by atoms with Crippen molar-refractivity contribution in [3.8, 4) is 0 Å². The number of aromatic nitrogens is 2. The Morgan fingerprint density at radius 1 is 1.27 bits per heavy atom. The molecule has 0 radical (unpaired) electrons. The molecule has 1 heterocycles. The van der Waals surface area contributed by atoms with Crippen molar-refractivity contribution in [2.75, 3.05) is 0 Å². The van der Waals surface area contributed by atoms with Gasteiger partial charge in [-0.15, -0.1) is 0 Å². The number of rotatable bonds is 0. The molecular formula is C7H5KN2S. The first-order valence-corrected chi connectivity index (χ1v) is 3.39. The number of aromatic amines is 1. The Hall–Kier alpha value is 0.546. The van der Waals surface area contributed by atoms with Gasteiger partial charge in [-0.3, -0.25) is 4.98 Å². The van der Waals surface area contributed by atoms with Gasteiger partial charge in [-0.25, -0.2) is 0 Å². The van der Waals surface area contributed by atoms with Crippen LogP contribution in [0.2, 0.25) is 0 Å². The van der Waals surface area contributed by atoms with Crippen LogP contribution in [-0.4, -0.2) is 9.97 Å². The van der Waals surface area contributed by atoms with Crippen LogP contribution in [0.1, 0.15) is 0 Å². The topological polar surface area (TPSA) is 28.7 Å². The smallest absolute Gasteiger partial charge is 0.742 e. The van der Waals surface area contributed by atoms with Crippen molar-refractivity contribution in [1.82, 2.24) is 9.97 Å². The minimum absolute atomic E-state index is 0. The average Bonchev–Trinajstić information content (AvgIpc) is 2.27. The molecule has 0 aliphatic heterocycles. The number of nitrogens with one attached hydrogen (secondary N) is 1. The normalized spacial score (nSPS) is 9.45. The second-order valence-corrected chi connectivity index (χ2v) is 2.45. The van der Waals surface area contributed by atoms with Crippen molar-refractivity contribution in [2.45, 2.75) is 5.16 Å². The van der Waals surface area contributed by atoms with E-state index in [0.717, 1.165) is 11.0 Å². The molecule has 2 rings (SSSR count). The standard InChI is InChI=1S/C7H6N2S.K/c10-7-8-5-3-1-2-4-6(5)9-7;/h1-4H,(H2,8,9,10);/q;+1/p-1. The summed E-state index contributed by atoms with van der Waals surface area (Å²) >= 11 is 4.85. The summed E-state index contributed by atoms with van der Waals surface area (Å²) in [7, 11) is 0. The SMILES string of the molecule is [K+].[S-]c1nc2ccccc2[nH]1. The van der Waals surface area contributed by atoms with Gasteiger partial charge in [-0.2, -0.15) is 0 Å². The Bertz CT molecular complexity index is 325. The Morgan fingerprint density at radius 2 is 2.00 bits per heavy atom. The molecule has 0 saturated heterocycles. The number of imidazole rings is 1. The van der Waals surface area contributed by atoms with E-state index in [0.29, 0.717) is 5.16 Å². The molecule has 2 aromatic rings. The van der Waals surface area contributed by atoms with Crippen molar-refractivity contribution in [3.05, 3.63) is 24.3 Å². The fourth-order valence-electron chi connectivity index (χ4n) is 0.929. The van der Waals surface area contributed by atoms with Crippen LogP contribution >= 0.6 is 0 Å². The number of benzene rings is 1. The summed E-state index contributed by atoms with van der Waals surface area (Å²) in [6, 6.07) is 7.78. The minimum Gasteiger partial charge on any atom is -0.742 e. The summed E-state index contributed by atoms with van der Waals surface area (Å²) < 4.78 is 0. The van der Waals surface area contributed by atoms with E-state index < -0.39 is 0 Å². The number of nitrogens with zero attached hydrogens (tertiary/aromatic N) is 1. The molecule has 11 heavy (non-hydrogen) atoms. The molecule has 0 saturated carbocycles. The van der Waals surface area contributed by atoms with Crippen LogP contribution < -0.4 is 51.4 Å². The zero-order valence-corrected chi connectivity index (χ0v) is 10.1. The molecule has 1 aromatic heterocycles. The maximum Gasteiger partial charge on any atom is 1.00 e. The predicted molar refractivity (Wildman–Crippen MR) is 41.7 cm³/mol. The zero-order valence-electron chi connectivity index (χ0n) is 6.16. The van der Waals surface area contributed by atoms with Crippen molar-refractivity contribution >= 4 is 23.7 Å². The summed E-state index contributed by atoms with van der Waals surface area (Å²) in [5.41, 5.74) is 1.94. The summed E-state index contributed by atoms with van der Waals surface area (Å²) in [6.07, 6.45) is 0. The third kappa shape index (κ3) is 2.02. The van der Waals surface area contributed by atoms with Gasteiger partial charge in [0.05, 0.1) is 11.0 Å². The van der Waals surface area contributed by atoms with E-state index in [2.05, 4.69) is 9.97 Å². The van der Waals surface area contributed by atoms with Crippen molar-refractivity contribution in [2.24, 2.45) is 0 Å². The summed E-state index contributed by atoms with van der Waals surface area (Å²) in [6.45, 7) is 0. The number of hydrogen-bond donors (Lipinski definition) is 1. The molecule has 0 fully saturated rings. The van der Waals surface area contributed by atoms with Gasteiger partial charge in [0.25, 0.3) is 0 Å². The van der Waals surface area contributed by atoms with Gasteiger partial charge in [-0.1, -0.05) is 12.1 Å². The maximum absolute atomic E-state index is 4.85. The molecule has 50 valence electrons. The predicted octanol–water partition coefficient (Wildman–Crippen LogP) is -1.53. The third-order valence-corrected chi connectivity index (χ3v) is 1.56. The molecule has 0 amide bonds. The van der Waals surface area contributed by atoms with E-state index in [-0.39, 0.29) is 51.4 Å². The molecular weight excluding hydrogens is 183 g/mol. The molecule has 1 aromatic carbocycles. The van der Waals surface area contributed by atoms with Gasteiger partial charge in [0.15, 0.2) is 0 Å². The minimum atomic E-state index is 0. The van der Waals surface area contributed by atoms with Crippen LogP contribution in [0.5, 0.6) is 0 Å². The second-order valence-electron chi connectivity index (χ2n) is 2.06. The second kappa shape index (κ2) is 3.98. The number of para-hydroxylation sites is 2. The van der Waals surface area contributed by atoms with Crippen LogP contribution in [-0.2, 0) is 12.6 Å². The van der Waals surface area contributed by atoms with Crippen molar-refractivity contribution < 1.29 is 51.4 Å². The zero-order chi connectivity index (χ0) is 6.97. The number of H-pyrrole nitrogens is 1. The first kappa shape index (κ1) is 9.63. The van der Waals surface area contributed by atoms with E-state index in [1.807, 2.05) is 24.3 Å². The van der Waals surface area contributed by atoms with Crippen molar-refractivity contribution in [1.29, 1.82) is 0 Å². The van der Waals surface area contributed by atoms with Crippen molar-refractivity contribution in [3.63, 3.8) is 0 Å². The van der Waals surface area contributed by atoms with E-state index in [4.69, 9.17) is 12.6 Å². The molecule has 0 aliphatic carbocycles. The fraction of sp³-hybridized carbons (Fsp3) is 0. The number of hydrogen-bond acceptors (Lipinski definition) is 2. The van der Waals surface area contributed by atoms with Crippen LogP contribution in [0, 0.1) is 0 Å². The van der Waals surface area contributed by atoms with E-state index in [1.54, 1.807) is 0 Å². The molecule has 1 N–H and O–H groups in total. The average molecular weight is 188 g/mol. The van der Waals surface area contributed by atoms with Gasteiger partial charge in [0.2, 0.25) is 0 Å². The fourth-order valence-corrected chi connectivity index (χ4v) is 1.14. The van der Waals surface area contributed by atoms with Gasteiger partial charge < -0.3 is 17.6 Å². The third-order valence-electron chi connectivity index (χ3n) is 1.37. The Morgan fingerprint density at radius 3 is 2.73 bits per heavy atom. The van der Waals surface area contributed by atoms with E-state index >= 15 is 0 Å². The molecule has 0 atom stereocenters. The van der Waals surface area contributed by atoms with E-state index in [9.17, 15) is 0 Å². The van der Waals surface area contributed by atoms with Crippen LogP contribution in [0.15, 0.2) is 29.4 Å². The van der Waals surface area contributed by atoms with Gasteiger partial charge in [-0.05, 0) is 17.3 Å². The number of fused-ring (bicyclic) bond motifs is 1. The Kier molecular flexibility index (Phi) is 3.48. The van der Waals surface area contributed by atoms with Gasteiger partial charge in [0.1, 0.15) is 0 Å². The maximum atomic E-state index is 4.85.